The van der Waals surface area contributed by atoms with Crippen molar-refractivity contribution in [1.82, 2.24) is 10.2 Å². The molecule has 1 aliphatic rings. The minimum atomic E-state index is -1.02. The van der Waals surface area contributed by atoms with E-state index in [1.807, 2.05) is 18.2 Å². The summed E-state index contributed by atoms with van der Waals surface area (Å²) < 4.78 is 11.3. The summed E-state index contributed by atoms with van der Waals surface area (Å²) in [5.74, 6) is -0.656. The van der Waals surface area contributed by atoms with E-state index in [4.69, 9.17) is 9.47 Å². The van der Waals surface area contributed by atoms with Crippen LogP contribution in [0.25, 0.3) is 16.5 Å². The minimum absolute atomic E-state index is 0.0172. The first-order valence-electron chi connectivity index (χ1n) is 13.1. The van der Waals surface area contributed by atoms with Gasteiger partial charge in [-0.2, -0.15) is 0 Å². The van der Waals surface area contributed by atoms with Gasteiger partial charge in [-0.05, 0) is 52.2 Å². The Morgan fingerprint density at radius 1 is 0.930 bits per heavy atom. The van der Waals surface area contributed by atoms with Crippen molar-refractivity contribution in [3.63, 3.8) is 0 Å². The maximum atomic E-state index is 13.5. The van der Waals surface area contributed by atoms with Gasteiger partial charge in [0.25, 0.3) is 5.78 Å². The van der Waals surface area contributed by atoms with Crippen molar-refractivity contribution in [2.75, 3.05) is 19.1 Å². The van der Waals surface area contributed by atoms with E-state index in [1.165, 1.54) is 60.4 Å². The minimum Gasteiger partial charge on any atom is -0.508 e. The molecule has 0 spiro atoms. The molecule has 6 rings (SSSR count). The SMILES string of the molecule is COc1ccc(/C(O)=C2\C(=O)C(=O)N(c3nnc(SCc4cccc5ccccc45)s3)C2c2ccc(O)cc2)cc1OC. The number of fused-ring (bicyclic) bond motifs is 1. The number of nitrogens with zero attached hydrogens (tertiary/aromatic N) is 3. The normalized spacial score (nSPS) is 16.1. The highest BCUT2D eigenvalue weighted by Gasteiger charge is 2.48. The van der Waals surface area contributed by atoms with Crippen molar-refractivity contribution < 1.29 is 29.3 Å². The average Bonchev–Trinajstić information content (AvgIpc) is 3.61. The number of benzene rings is 4. The lowest BCUT2D eigenvalue weighted by molar-refractivity contribution is -0.132. The summed E-state index contributed by atoms with van der Waals surface area (Å²) in [6.07, 6.45) is 0. The van der Waals surface area contributed by atoms with Crippen molar-refractivity contribution in [2.24, 2.45) is 0 Å². The number of aromatic nitrogens is 2. The number of Topliss-reactive ketones (excluding diaryl/α,β-unsaturated/α-hetero) is 1. The first-order valence-corrected chi connectivity index (χ1v) is 14.9. The maximum Gasteiger partial charge on any atom is 0.301 e. The topological polar surface area (TPSA) is 122 Å². The molecule has 1 atom stereocenters. The molecule has 5 aromatic rings. The van der Waals surface area contributed by atoms with Crippen molar-refractivity contribution >= 4 is 56.5 Å². The lowest BCUT2D eigenvalue weighted by Crippen LogP contribution is -2.29. The second-order valence-corrected chi connectivity index (χ2v) is 11.8. The summed E-state index contributed by atoms with van der Waals surface area (Å²) in [5, 5.41) is 32.4. The number of hydrogen-bond donors (Lipinski definition) is 2. The smallest absolute Gasteiger partial charge is 0.301 e. The number of methoxy groups -OCH3 is 2. The third-order valence-electron chi connectivity index (χ3n) is 7.14. The lowest BCUT2D eigenvalue weighted by Gasteiger charge is -2.22. The quantitative estimate of drug-likeness (QED) is 0.0681. The predicted molar refractivity (Wildman–Crippen MR) is 166 cm³/mol. The number of aliphatic hydroxyl groups excluding tert-OH is 1. The molecule has 4 aromatic carbocycles. The molecule has 43 heavy (non-hydrogen) atoms. The largest absolute Gasteiger partial charge is 0.508 e. The number of hydrogen-bond acceptors (Lipinski definition) is 10. The van der Waals surface area contributed by atoms with E-state index in [0.717, 1.165) is 16.3 Å². The zero-order chi connectivity index (χ0) is 30.1. The molecule has 1 aromatic heterocycles. The average molecular weight is 612 g/mol. The van der Waals surface area contributed by atoms with Gasteiger partial charge in [0.05, 0.1) is 25.8 Å². The molecule has 1 saturated heterocycles. The number of amides is 1. The van der Waals surface area contributed by atoms with Crippen molar-refractivity contribution in [3.8, 4) is 17.2 Å². The molecule has 0 aliphatic carbocycles. The molecule has 216 valence electrons. The number of rotatable bonds is 8. The van der Waals surface area contributed by atoms with Gasteiger partial charge in [0.2, 0.25) is 5.13 Å². The van der Waals surface area contributed by atoms with E-state index in [9.17, 15) is 19.8 Å². The van der Waals surface area contributed by atoms with Gasteiger partial charge in [-0.1, -0.05) is 77.7 Å². The first-order chi connectivity index (χ1) is 20.9. The van der Waals surface area contributed by atoms with Crippen LogP contribution >= 0.6 is 23.1 Å². The second-order valence-electron chi connectivity index (χ2n) is 9.61. The van der Waals surface area contributed by atoms with E-state index in [1.54, 1.807) is 24.3 Å². The summed E-state index contributed by atoms with van der Waals surface area (Å²) in [7, 11) is 2.95. The fourth-order valence-electron chi connectivity index (χ4n) is 5.06. The number of phenols is 1. The Bertz CT molecular complexity index is 1880. The molecule has 0 saturated carbocycles. The Balaban J connectivity index is 1.38. The standard InChI is InChI=1S/C32H25N3O6S2/c1-40-24-15-12-20(16-25(24)41-2)28(37)26-27(19-10-13-22(36)14-11-19)35(30(39)29(26)38)31-33-34-32(43-31)42-17-21-8-5-7-18-6-3-4-9-23(18)21/h3-16,27,36-37H,17H2,1-2H3/b28-26+. The van der Waals surface area contributed by atoms with Crippen LogP contribution in [0.5, 0.6) is 17.2 Å². The van der Waals surface area contributed by atoms with Crippen LogP contribution in [0.3, 0.4) is 0 Å². The van der Waals surface area contributed by atoms with Crippen LogP contribution in [0.2, 0.25) is 0 Å². The van der Waals surface area contributed by atoms with E-state index < -0.39 is 17.7 Å². The van der Waals surface area contributed by atoms with Gasteiger partial charge < -0.3 is 19.7 Å². The fraction of sp³-hybridized carbons (Fsp3) is 0.125. The van der Waals surface area contributed by atoms with Gasteiger partial charge in [0.1, 0.15) is 11.5 Å². The number of ether oxygens (including phenoxy) is 2. The predicted octanol–water partition coefficient (Wildman–Crippen LogP) is 6.33. The number of aliphatic hydroxyl groups is 1. The molecule has 9 nitrogen and oxygen atoms in total. The fourth-order valence-corrected chi connectivity index (χ4v) is 6.93. The highest BCUT2D eigenvalue weighted by atomic mass is 32.2. The van der Waals surface area contributed by atoms with Crippen LogP contribution < -0.4 is 14.4 Å². The lowest BCUT2D eigenvalue weighted by atomic mass is 9.95. The number of carbonyl (C=O) groups is 2. The van der Waals surface area contributed by atoms with Crippen molar-refractivity contribution in [2.45, 2.75) is 16.1 Å². The van der Waals surface area contributed by atoms with E-state index in [0.29, 0.717) is 27.2 Å². The molecule has 1 aliphatic heterocycles. The summed E-state index contributed by atoms with van der Waals surface area (Å²) in [4.78, 5) is 28.3. The zero-order valence-corrected chi connectivity index (χ0v) is 24.7. The van der Waals surface area contributed by atoms with Crippen LogP contribution in [-0.2, 0) is 15.3 Å². The van der Waals surface area contributed by atoms with Gasteiger partial charge in [-0.25, -0.2) is 0 Å². The van der Waals surface area contributed by atoms with Crippen molar-refractivity contribution in [1.29, 1.82) is 0 Å². The Morgan fingerprint density at radius 3 is 2.44 bits per heavy atom. The third kappa shape index (κ3) is 5.28. The van der Waals surface area contributed by atoms with Crippen LogP contribution in [0.1, 0.15) is 22.7 Å². The molecular weight excluding hydrogens is 587 g/mol. The molecular formula is C32H25N3O6S2. The summed E-state index contributed by atoms with van der Waals surface area (Å²) in [6.45, 7) is 0. The number of carbonyl (C=O) groups excluding carboxylic acids is 2. The summed E-state index contributed by atoms with van der Waals surface area (Å²) >= 11 is 2.67. The van der Waals surface area contributed by atoms with Crippen LogP contribution in [0.4, 0.5) is 5.13 Å². The van der Waals surface area contributed by atoms with Crippen molar-refractivity contribution in [3.05, 3.63) is 107 Å². The van der Waals surface area contributed by atoms with Crippen LogP contribution in [-0.4, -0.2) is 46.3 Å². The van der Waals surface area contributed by atoms with Gasteiger partial charge >= 0.3 is 5.91 Å². The molecule has 1 fully saturated rings. The van der Waals surface area contributed by atoms with Gasteiger partial charge in [-0.3, -0.25) is 14.5 Å². The number of aromatic hydroxyl groups is 1. The molecule has 2 N–H and O–H groups in total. The summed E-state index contributed by atoms with van der Waals surface area (Å²) in [6, 6.07) is 24.1. The Labute approximate surface area is 255 Å². The molecule has 0 radical (unpaired) electrons. The maximum absolute atomic E-state index is 13.5. The highest BCUT2D eigenvalue weighted by Crippen LogP contribution is 2.45. The highest BCUT2D eigenvalue weighted by molar-refractivity contribution is 8.00. The van der Waals surface area contributed by atoms with Crippen LogP contribution in [0, 0.1) is 0 Å². The molecule has 2 heterocycles. The molecule has 1 amide bonds. The molecule has 11 heteroatoms. The number of thioether (sulfide) groups is 1. The Hall–Kier alpha value is -4.87. The number of ketones is 1. The number of anilines is 1. The summed E-state index contributed by atoms with van der Waals surface area (Å²) in [5.41, 5.74) is 1.78. The van der Waals surface area contributed by atoms with Crippen LogP contribution in [0.15, 0.2) is 94.8 Å². The van der Waals surface area contributed by atoms with Gasteiger partial charge in [0, 0.05) is 11.3 Å². The first kappa shape index (κ1) is 28.3. The van der Waals surface area contributed by atoms with Gasteiger partial charge in [0.15, 0.2) is 15.8 Å². The van der Waals surface area contributed by atoms with E-state index in [2.05, 4.69) is 34.5 Å². The van der Waals surface area contributed by atoms with E-state index >= 15 is 0 Å². The second kappa shape index (κ2) is 11.8. The molecule has 1 unspecified atom stereocenters. The monoisotopic (exact) mass is 611 g/mol. The Kier molecular flexibility index (Phi) is 7.75. The Morgan fingerprint density at radius 2 is 1.67 bits per heavy atom. The molecule has 0 bridgehead atoms. The zero-order valence-electron chi connectivity index (χ0n) is 23.1. The number of phenolic OH excluding ortho intramolecular Hbond substituents is 1. The van der Waals surface area contributed by atoms with E-state index in [-0.39, 0.29) is 27.8 Å². The third-order valence-corrected chi connectivity index (χ3v) is 9.25. The van der Waals surface area contributed by atoms with Gasteiger partial charge in [-0.15, -0.1) is 10.2 Å².